The summed E-state index contributed by atoms with van der Waals surface area (Å²) in [4.78, 5) is 11.3. The predicted molar refractivity (Wildman–Crippen MR) is 63.7 cm³/mol. The lowest BCUT2D eigenvalue weighted by molar-refractivity contribution is 0.252. The average molecular weight is 248 g/mol. The van der Waals surface area contributed by atoms with Crippen LogP contribution in [0, 0.1) is 0 Å². The molecule has 2 aromatic rings. The Bertz CT molecular complexity index is 558. The molecule has 8 nitrogen and oxygen atoms in total. The fourth-order valence-electron chi connectivity index (χ4n) is 1.21. The Morgan fingerprint density at radius 1 is 1.61 bits per heavy atom. The van der Waals surface area contributed by atoms with E-state index in [0.29, 0.717) is 12.2 Å². The monoisotopic (exact) mass is 248 g/mol. The summed E-state index contributed by atoms with van der Waals surface area (Å²) in [5, 5.41) is 16.5. The second-order valence-corrected chi connectivity index (χ2v) is 3.41. The Hall–Kier alpha value is -2.64. The predicted octanol–water partition coefficient (Wildman–Crippen LogP) is 0.778. The Morgan fingerprint density at radius 3 is 3.11 bits per heavy atom. The quantitative estimate of drug-likeness (QED) is 0.779. The van der Waals surface area contributed by atoms with Crippen molar-refractivity contribution >= 4 is 12.0 Å². The van der Waals surface area contributed by atoms with E-state index >= 15 is 0 Å². The Balaban J connectivity index is 2.02. The summed E-state index contributed by atoms with van der Waals surface area (Å²) < 4.78 is 6.85. The van der Waals surface area contributed by atoms with Crippen molar-refractivity contribution in [3.05, 3.63) is 24.9 Å². The molecule has 18 heavy (non-hydrogen) atoms. The third kappa shape index (κ3) is 2.73. The third-order valence-electron chi connectivity index (χ3n) is 1.99. The van der Waals surface area contributed by atoms with E-state index in [0.717, 1.165) is 0 Å². The number of nitrogens with one attached hydrogen (secondary N) is 2. The fraction of sp³-hybridized carbons (Fsp3) is 0.200. The van der Waals surface area contributed by atoms with Crippen LogP contribution in [-0.4, -0.2) is 32.6 Å². The molecular weight excluding hydrogens is 236 g/mol. The number of rotatable bonds is 4. The van der Waals surface area contributed by atoms with Crippen molar-refractivity contribution in [2.75, 3.05) is 11.9 Å². The molecule has 8 heteroatoms. The number of nitrogens with zero attached hydrogens (tertiary/aromatic N) is 4. The molecule has 2 aromatic heterocycles. The van der Waals surface area contributed by atoms with Gasteiger partial charge in [0.05, 0.1) is 0 Å². The standard InChI is InChI=1S/C10H12N6O2/c1-3-5-11-9(17)12-10-14-13-8(18-10)7-4-6-16(2)15-7/h3-4,6H,1,5H2,2H3,(H2,11,12,14,17). The fourth-order valence-corrected chi connectivity index (χ4v) is 1.21. The molecule has 0 radical (unpaired) electrons. The lowest BCUT2D eigenvalue weighted by Crippen LogP contribution is -2.28. The van der Waals surface area contributed by atoms with Gasteiger partial charge in [-0.1, -0.05) is 11.2 Å². The number of carbonyl (C=O) groups is 1. The number of amides is 2. The van der Waals surface area contributed by atoms with Gasteiger partial charge in [-0.05, 0) is 6.07 Å². The van der Waals surface area contributed by atoms with E-state index < -0.39 is 6.03 Å². The minimum absolute atomic E-state index is 0.0113. The maximum absolute atomic E-state index is 11.3. The van der Waals surface area contributed by atoms with Crippen LogP contribution in [0.2, 0.25) is 0 Å². The number of carbonyl (C=O) groups excluding carboxylic acids is 1. The van der Waals surface area contributed by atoms with Gasteiger partial charge in [0.25, 0.3) is 5.89 Å². The molecule has 2 rings (SSSR count). The Morgan fingerprint density at radius 2 is 2.44 bits per heavy atom. The lowest BCUT2D eigenvalue weighted by Gasteiger charge is -1.99. The second kappa shape index (κ2) is 5.13. The number of hydrogen-bond acceptors (Lipinski definition) is 5. The molecule has 2 amide bonds. The van der Waals surface area contributed by atoms with Crippen molar-refractivity contribution in [3.8, 4) is 11.6 Å². The van der Waals surface area contributed by atoms with E-state index in [1.807, 2.05) is 0 Å². The molecule has 0 fully saturated rings. The maximum atomic E-state index is 11.3. The first-order chi connectivity index (χ1) is 8.69. The number of aryl methyl sites for hydroxylation is 1. The van der Waals surface area contributed by atoms with Gasteiger partial charge < -0.3 is 9.73 Å². The van der Waals surface area contributed by atoms with Gasteiger partial charge in [-0.25, -0.2) is 4.79 Å². The third-order valence-corrected chi connectivity index (χ3v) is 1.99. The van der Waals surface area contributed by atoms with Gasteiger partial charge in [-0.3, -0.25) is 10.00 Å². The summed E-state index contributed by atoms with van der Waals surface area (Å²) >= 11 is 0. The van der Waals surface area contributed by atoms with Crippen LogP contribution in [0.5, 0.6) is 0 Å². The van der Waals surface area contributed by atoms with Crippen molar-refractivity contribution in [2.24, 2.45) is 7.05 Å². The summed E-state index contributed by atoms with van der Waals surface area (Å²) in [5.41, 5.74) is 0.546. The van der Waals surface area contributed by atoms with Gasteiger partial charge >= 0.3 is 12.0 Å². The molecule has 0 saturated carbocycles. The molecule has 0 spiro atoms. The Labute approximate surface area is 103 Å². The van der Waals surface area contributed by atoms with E-state index in [-0.39, 0.29) is 11.9 Å². The topological polar surface area (TPSA) is 97.9 Å². The van der Waals surface area contributed by atoms with Crippen molar-refractivity contribution in [3.63, 3.8) is 0 Å². The summed E-state index contributed by atoms with van der Waals surface area (Å²) in [6, 6.07) is 1.30. The summed E-state index contributed by atoms with van der Waals surface area (Å²) in [7, 11) is 1.78. The van der Waals surface area contributed by atoms with Crippen LogP contribution >= 0.6 is 0 Å². The van der Waals surface area contributed by atoms with Crippen LogP contribution in [0.3, 0.4) is 0 Å². The molecule has 0 aromatic carbocycles. The van der Waals surface area contributed by atoms with E-state index in [9.17, 15) is 4.79 Å². The zero-order valence-corrected chi connectivity index (χ0v) is 9.75. The molecule has 94 valence electrons. The first kappa shape index (κ1) is 11.8. The van der Waals surface area contributed by atoms with Gasteiger partial charge in [-0.15, -0.1) is 11.7 Å². The highest BCUT2D eigenvalue weighted by Crippen LogP contribution is 2.16. The van der Waals surface area contributed by atoms with Crippen molar-refractivity contribution in [2.45, 2.75) is 0 Å². The summed E-state index contributed by atoms with van der Waals surface area (Å²) in [6.45, 7) is 3.84. The SMILES string of the molecule is C=CCNC(=O)Nc1nnc(-c2ccn(C)n2)o1. The van der Waals surface area contributed by atoms with Gasteiger partial charge in [0.1, 0.15) is 5.69 Å². The van der Waals surface area contributed by atoms with E-state index in [1.165, 1.54) is 0 Å². The van der Waals surface area contributed by atoms with Gasteiger partial charge in [0.2, 0.25) is 0 Å². The van der Waals surface area contributed by atoms with Crippen LogP contribution < -0.4 is 10.6 Å². The molecule has 0 bridgehead atoms. The largest absolute Gasteiger partial charge is 0.401 e. The molecule has 0 aliphatic carbocycles. The first-order valence-corrected chi connectivity index (χ1v) is 5.18. The number of anilines is 1. The van der Waals surface area contributed by atoms with Crippen LogP contribution in [0.25, 0.3) is 11.6 Å². The average Bonchev–Trinajstić information content (AvgIpc) is 2.95. The van der Waals surface area contributed by atoms with Gasteiger partial charge in [0.15, 0.2) is 0 Å². The molecule has 2 N–H and O–H groups in total. The van der Waals surface area contributed by atoms with Gasteiger partial charge in [-0.2, -0.15) is 5.10 Å². The number of urea groups is 1. The normalized spacial score (nSPS) is 10.1. The minimum atomic E-state index is -0.439. The zero-order chi connectivity index (χ0) is 13.0. The first-order valence-electron chi connectivity index (χ1n) is 5.18. The minimum Gasteiger partial charge on any atom is -0.401 e. The maximum Gasteiger partial charge on any atom is 0.324 e. The molecule has 0 unspecified atom stereocenters. The van der Waals surface area contributed by atoms with Crippen LogP contribution in [-0.2, 0) is 7.05 Å². The van der Waals surface area contributed by atoms with Crippen LogP contribution in [0.15, 0.2) is 29.3 Å². The van der Waals surface area contributed by atoms with Crippen molar-refractivity contribution in [1.29, 1.82) is 0 Å². The molecule has 2 heterocycles. The van der Waals surface area contributed by atoms with Crippen LogP contribution in [0.4, 0.5) is 10.8 Å². The van der Waals surface area contributed by atoms with E-state index in [1.54, 1.807) is 30.1 Å². The second-order valence-electron chi connectivity index (χ2n) is 3.41. The molecular formula is C10H12N6O2. The van der Waals surface area contributed by atoms with Crippen LogP contribution in [0.1, 0.15) is 0 Å². The highest BCUT2D eigenvalue weighted by Gasteiger charge is 2.12. The van der Waals surface area contributed by atoms with E-state index in [4.69, 9.17) is 4.42 Å². The molecule has 0 aliphatic rings. The molecule has 0 atom stereocenters. The number of aromatic nitrogens is 4. The summed E-state index contributed by atoms with van der Waals surface area (Å²) in [6.07, 6.45) is 3.32. The highest BCUT2D eigenvalue weighted by molar-refractivity contribution is 5.87. The summed E-state index contributed by atoms with van der Waals surface area (Å²) in [5.74, 6) is 0.245. The smallest absolute Gasteiger partial charge is 0.324 e. The van der Waals surface area contributed by atoms with Crippen molar-refractivity contribution in [1.82, 2.24) is 25.3 Å². The zero-order valence-electron chi connectivity index (χ0n) is 9.75. The highest BCUT2D eigenvalue weighted by atomic mass is 16.4. The number of hydrogen-bond donors (Lipinski definition) is 2. The lowest BCUT2D eigenvalue weighted by atomic mass is 10.4. The molecule has 0 aliphatic heterocycles. The molecule has 0 saturated heterocycles. The Kier molecular flexibility index (Phi) is 3.37. The van der Waals surface area contributed by atoms with Crippen molar-refractivity contribution < 1.29 is 9.21 Å². The van der Waals surface area contributed by atoms with E-state index in [2.05, 4.69) is 32.5 Å². The van der Waals surface area contributed by atoms with Gasteiger partial charge in [0, 0.05) is 19.8 Å².